The number of amides is 1. The van der Waals surface area contributed by atoms with Gasteiger partial charge in [0.05, 0.1) is 21.2 Å². The standard InChI is InChI=1S/C23H18Cl2N2O2/c24-18-8-4-9-19(23(18)25)26-22(28)14-27-13-12-17-20(27)10-5-11-21(17)29-15-16-6-2-1-3-7-16/h1-13H,14-15H2,(H,26,28). The molecule has 0 unspecified atom stereocenters. The van der Waals surface area contributed by atoms with Crippen LogP contribution in [0.1, 0.15) is 5.56 Å². The number of carbonyl (C=O) groups is 1. The highest BCUT2D eigenvalue weighted by Gasteiger charge is 2.12. The molecule has 0 bridgehead atoms. The van der Waals surface area contributed by atoms with Gasteiger partial charge in [-0.3, -0.25) is 4.79 Å². The molecule has 0 atom stereocenters. The summed E-state index contributed by atoms with van der Waals surface area (Å²) in [5.74, 6) is 0.589. The molecule has 146 valence electrons. The van der Waals surface area contributed by atoms with E-state index in [0.717, 1.165) is 22.2 Å². The molecule has 6 heteroatoms. The lowest BCUT2D eigenvalue weighted by Gasteiger charge is -2.11. The van der Waals surface area contributed by atoms with Gasteiger partial charge in [-0.2, -0.15) is 0 Å². The van der Waals surface area contributed by atoms with E-state index in [4.69, 9.17) is 27.9 Å². The number of hydrogen-bond donors (Lipinski definition) is 1. The minimum absolute atomic E-state index is 0.147. The number of anilines is 1. The first-order valence-electron chi connectivity index (χ1n) is 9.10. The SMILES string of the molecule is O=C(Cn1ccc2c(OCc3ccccc3)cccc21)Nc1cccc(Cl)c1Cl. The number of aromatic nitrogens is 1. The molecule has 4 rings (SSSR count). The summed E-state index contributed by atoms with van der Waals surface area (Å²) in [7, 11) is 0. The van der Waals surface area contributed by atoms with Crippen molar-refractivity contribution in [2.24, 2.45) is 0 Å². The second-order valence-corrected chi connectivity index (χ2v) is 7.34. The largest absolute Gasteiger partial charge is 0.488 e. The van der Waals surface area contributed by atoms with E-state index in [1.165, 1.54) is 0 Å². The fraction of sp³-hybridized carbons (Fsp3) is 0.0870. The van der Waals surface area contributed by atoms with E-state index in [9.17, 15) is 4.79 Å². The zero-order valence-electron chi connectivity index (χ0n) is 15.4. The highest BCUT2D eigenvalue weighted by molar-refractivity contribution is 6.43. The summed E-state index contributed by atoms with van der Waals surface area (Å²) < 4.78 is 7.88. The minimum atomic E-state index is -0.192. The number of rotatable bonds is 6. The van der Waals surface area contributed by atoms with Crippen LogP contribution in [0, 0.1) is 0 Å². The fourth-order valence-corrected chi connectivity index (χ4v) is 3.49. The first-order valence-corrected chi connectivity index (χ1v) is 9.86. The number of halogens is 2. The minimum Gasteiger partial charge on any atom is -0.488 e. The molecule has 0 fully saturated rings. The highest BCUT2D eigenvalue weighted by Crippen LogP contribution is 2.30. The number of nitrogens with zero attached hydrogens (tertiary/aromatic N) is 1. The van der Waals surface area contributed by atoms with Crippen LogP contribution in [-0.2, 0) is 17.9 Å². The molecular formula is C23H18Cl2N2O2. The molecule has 0 aliphatic heterocycles. The average molecular weight is 425 g/mol. The fourth-order valence-electron chi connectivity index (χ4n) is 3.14. The van der Waals surface area contributed by atoms with Crippen LogP contribution in [-0.4, -0.2) is 10.5 Å². The van der Waals surface area contributed by atoms with Crippen molar-refractivity contribution in [1.29, 1.82) is 0 Å². The molecule has 1 heterocycles. The number of ether oxygens (including phenoxy) is 1. The lowest BCUT2D eigenvalue weighted by Crippen LogP contribution is -2.18. The van der Waals surface area contributed by atoms with Gasteiger partial charge in [0.25, 0.3) is 0 Å². The number of nitrogens with one attached hydrogen (secondary N) is 1. The van der Waals surface area contributed by atoms with E-state index in [2.05, 4.69) is 5.32 Å². The molecule has 0 aliphatic rings. The van der Waals surface area contributed by atoms with Gasteiger partial charge >= 0.3 is 0 Å². The number of fused-ring (bicyclic) bond motifs is 1. The molecule has 4 aromatic rings. The van der Waals surface area contributed by atoms with Crippen molar-refractivity contribution in [1.82, 2.24) is 4.57 Å². The quantitative estimate of drug-likeness (QED) is 0.402. The van der Waals surface area contributed by atoms with Crippen molar-refractivity contribution >= 4 is 45.7 Å². The van der Waals surface area contributed by atoms with Gasteiger partial charge in [-0.15, -0.1) is 0 Å². The Morgan fingerprint density at radius 2 is 1.72 bits per heavy atom. The maximum atomic E-state index is 12.5. The Morgan fingerprint density at radius 1 is 0.931 bits per heavy atom. The summed E-state index contributed by atoms with van der Waals surface area (Å²) in [6, 6.07) is 22.9. The van der Waals surface area contributed by atoms with Crippen LogP contribution in [0.4, 0.5) is 5.69 Å². The summed E-state index contributed by atoms with van der Waals surface area (Å²) in [5, 5.41) is 4.49. The predicted molar refractivity (Wildman–Crippen MR) is 118 cm³/mol. The molecule has 29 heavy (non-hydrogen) atoms. The van der Waals surface area contributed by atoms with Crippen molar-refractivity contribution < 1.29 is 9.53 Å². The summed E-state index contributed by atoms with van der Waals surface area (Å²) >= 11 is 12.2. The first kappa shape index (κ1) is 19.4. The van der Waals surface area contributed by atoms with Gasteiger partial charge in [0.2, 0.25) is 5.91 Å². The van der Waals surface area contributed by atoms with Crippen molar-refractivity contribution in [3.05, 3.63) is 94.6 Å². The summed E-state index contributed by atoms with van der Waals surface area (Å²) in [6.45, 7) is 0.632. The Labute approximate surface area is 178 Å². The van der Waals surface area contributed by atoms with E-state index in [1.54, 1.807) is 18.2 Å². The first-order chi connectivity index (χ1) is 14.1. The van der Waals surface area contributed by atoms with E-state index in [-0.39, 0.29) is 12.5 Å². The maximum absolute atomic E-state index is 12.5. The average Bonchev–Trinajstić information content (AvgIpc) is 3.14. The molecule has 0 spiro atoms. The monoisotopic (exact) mass is 424 g/mol. The van der Waals surface area contributed by atoms with E-state index >= 15 is 0 Å². The Bertz CT molecular complexity index is 1160. The molecular weight excluding hydrogens is 407 g/mol. The molecule has 1 N–H and O–H groups in total. The number of carbonyl (C=O) groups excluding carboxylic acids is 1. The van der Waals surface area contributed by atoms with Gasteiger partial charge in [-0.25, -0.2) is 0 Å². The van der Waals surface area contributed by atoms with Gasteiger partial charge in [0.1, 0.15) is 18.9 Å². The topological polar surface area (TPSA) is 43.3 Å². The third-order valence-corrected chi connectivity index (χ3v) is 5.37. The summed E-state index contributed by atoms with van der Waals surface area (Å²) in [5.41, 5.74) is 2.51. The van der Waals surface area contributed by atoms with Gasteiger partial charge in [-0.05, 0) is 35.9 Å². The van der Waals surface area contributed by atoms with Gasteiger partial charge < -0.3 is 14.6 Å². The number of benzene rings is 3. The second-order valence-electron chi connectivity index (χ2n) is 6.56. The molecule has 0 saturated carbocycles. The lowest BCUT2D eigenvalue weighted by molar-refractivity contribution is -0.116. The van der Waals surface area contributed by atoms with E-state index < -0.39 is 0 Å². The Hall–Kier alpha value is -2.95. The summed E-state index contributed by atoms with van der Waals surface area (Å²) in [4.78, 5) is 12.5. The summed E-state index contributed by atoms with van der Waals surface area (Å²) in [6.07, 6.45) is 1.87. The lowest BCUT2D eigenvalue weighted by atomic mass is 10.2. The van der Waals surface area contributed by atoms with Crippen LogP contribution >= 0.6 is 23.2 Å². The molecule has 3 aromatic carbocycles. The van der Waals surface area contributed by atoms with Crippen molar-refractivity contribution in [2.45, 2.75) is 13.2 Å². The van der Waals surface area contributed by atoms with Crippen LogP contribution < -0.4 is 10.1 Å². The normalized spacial score (nSPS) is 10.8. The van der Waals surface area contributed by atoms with Gasteiger partial charge in [0, 0.05) is 11.6 Å². The van der Waals surface area contributed by atoms with Crippen LogP contribution in [0.3, 0.4) is 0 Å². The van der Waals surface area contributed by atoms with Crippen LogP contribution in [0.2, 0.25) is 10.0 Å². The van der Waals surface area contributed by atoms with Crippen molar-refractivity contribution in [3.8, 4) is 5.75 Å². The number of hydrogen-bond acceptors (Lipinski definition) is 2. The molecule has 0 saturated heterocycles. The van der Waals surface area contributed by atoms with Gasteiger partial charge in [-0.1, -0.05) is 65.7 Å². The van der Waals surface area contributed by atoms with Crippen LogP contribution in [0.25, 0.3) is 10.9 Å². The van der Waals surface area contributed by atoms with Crippen molar-refractivity contribution in [3.63, 3.8) is 0 Å². The smallest absolute Gasteiger partial charge is 0.244 e. The predicted octanol–water partition coefficient (Wildman–Crippen LogP) is 6.17. The second kappa shape index (κ2) is 8.60. The molecule has 0 radical (unpaired) electrons. The molecule has 1 amide bonds. The van der Waals surface area contributed by atoms with E-state index in [1.807, 2.05) is 65.4 Å². The Morgan fingerprint density at radius 3 is 2.55 bits per heavy atom. The Kier molecular flexibility index (Phi) is 5.74. The maximum Gasteiger partial charge on any atom is 0.244 e. The third-order valence-electron chi connectivity index (χ3n) is 4.55. The van der Waals surface area contributed by atoms with Crippen LogP contribution in [0.5, 0.6) is 5.75 Å². The third kappa shape index (κ3) is 4.39. The Balaban J connectivity index is 1.50. The zero-order chi connectivity index (χ0) is 20.2. The molecule has 1 aromatic heterocycles. The van der Waals surface area contributed by atoms with Crippen LogP contribution in [0.15, 0.2) is 79.0 Å². The zero-order valence-corrected chi connectivity index (χ0v) is 17.0. The molecule has 0 aliphatic carbocycles. The van der Waals surface area contributed by atoms with Gasteiger partial charge in [0.15, 0.2) is 0 Å². The highest BCUT2D eigenvalue weighted by atomic mass is 35.5. The van der Waals surface area contributed by atoms with Crippen molar-refractivity contribution in [2.75, 3.05) is 5.32 Å². The molecule has 4 nitrogen and oxygen atoms in total. The van der Waals surface area contributed by atoms with E-state index in [0.29, 0.717) is 22.3 Å².